The molecule has 2 atom stereocenters. The molecule has 4 aromatic rings. The number of hydrogen-bond acceptors (Lipinski definition) is 7. The number of anilines is 3. The van der Waals surface area contributed by atoms with Gasteiger partial charge in [0, 0.05) is 36.1 Å². The fourth-order valence-electron chi connectivity index (χ4n) is 4.69. The van der Waals surface area contributed by atoms with Gasteiger partial charge in [0.05, 0.1) is 17.7 Å². The molecular weight excluding hydrogens is 534 g/mol. The molecule has 0 saturated heterocycles. The van der Waals surface area contributed by atoms with Crippen LogP contribution in [0.4, 0.5) is 21.6 Å². The van der Waals surface area contributed by atoms with Crippen molar-refractivity contribution in [1.82, 2.24) is 14.9 Å². The van der Waals surface area contributed by atoms with Crippen LogP contribution in [0.1, 0.15) is 47.7 Å². The number of nitrogens with two attached hydrogens (primary N) is 1. The first-order chi connectivity index (χ1) is 19.9. The van der Waals surface area contributed by atoms with Gasteiger partial charge in [0.1, 0.15) is 23.6 Å². The molecule has 41 heavy (non-hydrogen) atoms. The Balaban J connectivity index is 0.000000367. The minimum atomic E-state index is -0.207. The molecule has 1 aliphatic heterocycles. The van der Waals surface area contributed by atoms with Gasteiger partial charge in [-0.05, 0) is 79.3 Å². The molecule has 1 aliphatic rings. The molecule has 3 aromatic carbocycles. The van der Waals surface area contributed by atoms with E-state index in [0.717, 1.165) is 66.0 Å². The molecule has 2 unspecified atom stereocenters. The van der Waals surface area contributed by atoms with Gasteiger partial charge in [0.15, 0.2) is 0 Å². The first kappa shape index (κ1) is 30.1. The lowest BCUT2D eigenvalue weighted by Crippen LogP contribution is -2.26. The second-order valence-electron chi connectivity index (χ2n) is 9.82. The number of hydrogen-bond donors (Lipinski definition) is 3. The van der Waals surface area contributed by atoms with Crippen LogP contribution < -0.4 is 21.7 Å². The highest BCUT2D eigenvalue weighted by molar-refractivity contribution is 7.49. The quantitative estimate of drug-likeness (QED) is 0.156. The van der Waals surface area contributed by atoms with Crippen LogP contribution in [0.3, 0.4) is 0 Å². The van der Waals surface area contributed by atoms with Gasteiger partial charge >= 0.3 is 0 Å². The second-order valence-corrected chi connectivity index (χ2v) is 11.2. The van der Waals surface area contributed by atoms with Crippen LogP contribution in [0.5, 0.6) is 0 Å². The van der Waals surface area contributed by atoms with E-state index in [1.165, 1.54) is 24.1 Å². The summed E-state index contributed by atoms with van der Waals surface area (Å²) in [7, 11) is 2.19. The number of nitrogen functional groups attached to an aromatic ring is 1. The first-order valence-electron chi connectivity index (χ1n) is 13.9. The highest BCUT2D eigenvalue weighted by Crippen LogP contribution is 2.43. The zero-order chi connectivity index (χ0) is 29.2. The van der Waals surface area contributed by atoms with Gasteiger partial charge < -0.3 is 21.3 Å². The molecule has 0 spiro atoms. The zero-order valence-electron chi connectivity index (χ0n) is 23.8. The van der Waals surface area contributed by atoms with Gasteiger partial charge in [-0.3, -0.25) is 4.79 Å². The normalized spacial score (nSPS) is 14.2. The van der Waals surface area contributed by atoms with E-state index in [9.17, 15) is 9.18 Å². The van der Waals surface area contributed by atoms with E-state index in [-0.39, 0.29) is 11.6 Å². The maximum Gasteiger partial charge on any atom is 0.150 e. The molecule has 214 valence electrons. The van der Waals surface area contributed by atoms with Gasteiger partial charge in [-0.2, -0.15) is 0 Å². The summed E-state index contributed by atoms with van der Waals surface area (Å²) in [6, 6.07) is 20.6. The molecule has 7 nitrogen and oxygen atoms in total. The summed E-state index contributed by atoms with van der Waals surface area (Å²) in [5.74, 6) is 0.202. The number of benzene rings is 3. The van der Waals surface area contributed by atoms with Gasteiger partial charge in [0.2, 0.25) is 0 Å². The number of carbonyl (C=O) groups is 1. The largest absolute Gasteiger partial charge is 0.388 e. The van der Waals surface area contributed by atoms with E-state index in [1.54, 1.807) is 19.3 Å². The third-order valence-corrected chi connectivity index (χ3v) is 8.35. The average Bonchev–Trinajstić information content (AvgIpc) is 3.43. The van der Waals surface area contributed by atoms with Crippen molar-refractivity contribution in [3.8, 4) is 11.3 Å². The maximum absolute atomic E-state index is 12.3. The SMILES string of the molecule is CCCN(CC)CCc1cccc(-c2cnc(N)c(C3Nc4ccc(C=O)cc4P3)n2)c1.CNc1cccc(F)c1. The number of aromatic nitrogens is 2. The van der Waals surface area contributed by atoms with Crippen molar-refractivity contribution in [2.24, 2.45) is 0 Å². The van der Waals surface area contributed by atoms with E-state index in [1.807, 2.05) is 24.3 Å². The zero-order valence-corrected chi connectivity index (χ0v) is 24.8. The third-order valence-electron chi connectivity index (χ3n) is 6.92. The van der Waals surface area contributed by atoms with Gasteiger partial charge in [-0.25, -0.2) is 14.4 Å². The summed E-state index contributed by atoms with van der Waals surface area (Å²) in [6.45, 7) is 7.70. The van der Waals surface area contributed by atoms with Crippen molar-refractivity contribution in [2.45, 2.75) is 32.5 Å². The summed E-state index contributed by atoms with van der Waals surface area (Å²) in [6.07, 6.45) is 4.82. The number of halogens is 1. The molecule has 0 fully saturated rings. The summed E-state index contributed by atoms with van der Waals surface area (Å²) < 4.78 is 12.3. The molecule has 5 rings (SSSR count). The summed E-state index contributed by atoms with van der Waals surface area (Å²) in [5.41, 5.74) is 12.7. The molecule has 0 radical (unpaired) electrons. The Morgan fingerprint density at radius 3 is 2.63 bits per heavy atom. The number of nitrogens with one attached hydrogen (secondary N) is 2. The van der Waals surface area contributed by atoms with Crippen LogP contribution in [-0.4, -0.2) is 47.8 Å². The molecule has 4 N–H and O–H groups in total. The predicted octanol–water partition coefficient (Wildman–Crippen LogP) is 6.11. The first-order valence-corrected chi connectivity index (χ1v) is 15.0. The van der Waals surface area contributed by atoms with E-state index in [0.29, 0.717) is 20.0 Å². The highest BCUT2D eigenvalue weighted by atomic mass is 31.1. The third kappa shape index (κ3) is 8.09. The fraction of sp³-hybridized carbons (Fsp3) is 0.281. The van der Waals surface area contributed by atoms with Crippen LogP contribution in [0.15, 0.2) is 72.9 Å². The van der Waals surface area contributed by atoms with E-state index < -0.39 is 0 Å². The van der Waals surface area contributed by atoms with Crippen molar-refractivity contribution in [2.75, 3.05) is 43.0 Å². The van der Waals surface area contributed by atoms with Crippen LogP contribution in [0.2, 0.25) is 0 Å². The van der Waals surface area contributed by atoms with Crippen LogP contribution in [-0.2, 0) is 6.42 Å². The Bertz CT molecular complexity index is 1470. The molecular formula is C32H38FN6OP. The Kier molecular flexibility index (Phi) is 10.8. The number of nitrogens with zero attached hydrogens (tertiary/aromatic N) is 3. The Morgan fingerprint density at radius 2 is 1.93 bits per heavy atom. The number of rotatable bonds is 10. The summed E-state index contributed by atoms with van der Waals surface area (Å²) in [5, 5.41) is 7.45. The van der Waals surface area contributed by atoms with E-state index >= 15 is 0 Å². The van der Waals surface area contributed by atoms with Crippen LogP contribution in [0, 0.1) is 5.82 Å². The topological polar surface area (TPSA) is 96.2 Å². The lowest BCUT2D eigenvalue weighted by molar-refractivity contribution is 0.112. The van der Waals surface area contributed by atoms with Gasteiger partial charge in [-0.15, -0.1) is 0 Å². The second kappa shape index (κ2) is 14.7. The van der Waals surface area contributed by atoms with Gasteiger partial charge in [-0.1, -0.05) is 46.7 Å². The monoisotopic (exact) mass is 572 g/mol. The number of carbonyl (C=O) groups excluding carboxylic acids is 1. The minimum Gasteiger partial charge on any atom is -0.388 e. The van der Waals surface area contributed by atoms with Crippen molar-refractivity contribution < 1.29 is 9.18 Å². The maximum atomic E-state index is 12.3. The Hall–Kier alpha value is -3.87. The minimum absolute atomic E-state index is 0.0327. The van der Waals surface area contributed by atoms with Crippen LogP contribution in [0.25, 0.3) is 11.3 Å². The summed E-state index contributed by atoms with van der Waals surface area (Å²) >= 11 is 0. The lowest BCUT2D eigenvalue weighted by atomic mass is 10.1. The van der Waals surface area contributed by atoms with Crippen LogP contribution >= 0.6 is 8.58 Å². The molecule has 0 bridgehead atoms. The molecule has 0 amide bonds. The predicted molar refractivity (Wildman–Crippen MR) is 170 cm³/mol. The molecule has 0 saturated carbocycles. The smallest absolute Gasteiger partial charge is 0.150 e. The van der Waals surface area contributed by atoms with Gasteiger partial charge in [0.25, 0.3) is 0 Å². The standard InChI is InChI=1S/C25H30N5OP.C7H8FN/c1-3-11-30(4-2)12-10-17-6-5-7-19(13-17)21-15-27-24(26)23(28-21)25-29-20-9-8-18(16-31)14-22(20)32-25;1-9-7-4-2-3-6(8)5-7/h5-9,13-16,25,29,32H,3-4,10-12H2,1-2H3,(H2,26,27);2-5,9H,1H3. The van der Waals surface area contributed by atoms with E-state index in [2.05, 4.69) is 58.6 Å². The Labute approximate surface area is 243 Å². The average molecular weight is 573 g/mol. The van der Waals surface area contributed by atoms with Crippen molar-refractivity contribution in [3.05, 3.63) is 95.6 Å². The highest BCUT2D eigenvalue weighted by Gasteiger charge is 2.26. The number of likely N-dealkylation sites (N-methyl/N-ethyl adjacent to an activating group) is 1. The van der Waals surface area contributed by atoms with Crippen molar-refractivity contribution in [3.63, 3.8) is 0 Å². The molecule has 2 heterocycles. The molecule has 1 aromatic heterocycles. The molecule has 0 aliphatic carbocycles. The number of aldehydes is 1. The van der Waals surface area contributed by atoms with E-state index in [4.69, 9.17) is 10.7 Å². The van der Waals surface area contributed by atoms with Crippen molar-refractivity contribution in [1.29, 1.82) is 0 Å². The summed E-state index contributed by atoms with van der Waals surface area (Å²) in [4.78, 5) is 23.0. The lowest BCUT2D eigenvalue weighted by Gasteiger charge is -2.19. The number of fused-ring (bicyclic) bond motifs is 1. The van der Waals surface area contributed by atoms with Crippen molar-refractivity contribution >= 4 is 37.4 Å². The Morgan fingerprint density at radius 1 is 1.10 bits per heavy atom. The molecule has 9 heteroatoms. The fourth-order valence-corrected chi connectivity index (χ4v) is 6.14.